The molecule has 7 heteroatoms. The van der Waals surface area contributed by atoms with Gasteiger partial charge in [0.05, 0.1) is 4.90 Å². The van der Waals surface area contributed by atoms with Crippen LogP contribution in [0.25, 0.3) is 0 Å². The van der Waals surface area contributed by atoms with Crippen molar-refractivity contribution in [2.75, 3.05) is 26.2 Å². The van der Waals surface area contributed by atoms with Crippen LogP contribution in [0, 0.1) is 5.92 Å². The number of carbonyl (C=O) groups is 1. The van der Waals surface area contributed by atoms with Crippen LogP contribution in [0.4, 0.5) is 0 Å². The average molecular weight is 498 g/mol. The number of nitrogens with one attached hydrogen (secondary N) is 1. The van der Waals surface area contributed by atoms with Crippen LogP contribution in [0.1, 0.15) is 62.6 Å². The average Bonchev–Trinajstić information content (AvgIpc) is 2.89. The predicted octanol–water partition coefficient (Wildman–Crippen LogP) is 4.16. The van der Waals surface area contributed by atoms with Crippen molar-refractivity contribution >= 4 is 15.9 Å². The fourth-order valence-electron chi connectivity index (χ4n) is 5.26. The number of amides is 1. The van der Waals surface area contributed by atoms with Crippen molar-refractivity contribution in [3.63, 3.8) is 0 Å². The Morgan fingerprint density at radius 1 is 1.00 bits per heavy atom. The maximum atomic E-state index is 13.1. The summed E-state index contributed by atoms with van der Waals surface area (Å²) in [5.41, 5.74) is 3.94. The third-order valence-electron chi connectivity index (χ3n) is 7.67. The molecule has 2 heterocycles. The van der Waals surface area contributed by atoms with Crippen LogP contribution in [0.2, 0.25) is 0 Å². The fourth-order valence-corrected chi connectivity index (χ4v) is 6.73. The number of rotatable bonds is 8. The largest absolute Gasteiger partial charge is 0.354 e. The summed E-state index contributed by atoms with van der Waals surface area (Å²) in [5, 5.41) is 3.18. The zero-order valence-electron chi connectivity index (χ0n) is 21.2. The van der Waals surface area contributed by atoms with Crippen LogP contribution < -0.4 is 5.32 Å². The van der Waals surface area contributed by atoms with Gasteiger partial charge < -0.3 is 5.32 Å². The van der Waals surface area contributed by atoms with Crippen LogP contribution in [0.15, 0.2) is 53.4 Å². The fraction of sp³-hybridized carbons (Fsp3) is 0.536. The Balaban J connectivity index is 1.28. The molecule has 1 saturated heterocycles. The lowest BCUT2D eigenvalue weighted by atomic mass is 9.96. The highest BCUT2D eigenvalue weighted by Gasteiger charge is 2.32. The van der Waals surface area contributed by atoms with Crippen molar-refractivity contribution in [2.45, 2.75) is 69.9 Å². The Morgan fingerprint density at radius 2 is 1.66 bits per heavy atom. The van der Waals surface area contributed by atoms with Crippen molar-refractivity contribution in [1.29, 1.82) is 0 Å². The van der Waals surface area contributed by atoms with Crippen LogP contribution in [-0.4, -0.2) is 55.8 Å². The molecule has 1 N–H and O–H groups in total. The lowest BCUT2D eigenvalue weighted by Crippen LogP contribution is -2.48. The number of piperidine rings is 1. The molecule has 0 radical (unpaired) electrons. The van der Waals surface area contributed by atoms with Gasteiger partial charge in [-0.3, -0.25) is 9.69 Å². The van der Waals surface area contributed by atoms with Gasteiger partial charge in [-0.25, -0.2) is 8.42 Å². The van der Waals surface area contributed by atoms with Crippen LogP contribution >= 0.6 is 0 Å². The van der Waals surface area contributed by atoms with E-state index >= 15 is 0 Å². The van der Waals surface area contributed by atoms with Crippen molar-refractivity contribution < 1.29 is 13.2 Å². The molecule has 2 aliphatic heterocycles. The van der Waals surface area contributed by atoms with Crippen LogP contribution in [0.5, 0.6) is 0 Å². The van der Waals surface area contributed by atoms with E-state index < -0.39 is 10.0 Å². The van der Waals surface area contributed by atoms with Gasteiger partial charge in [-0.1, -0.05) is 57.2 Å². The minimum atomic E-state index is -3.53. The summed E-state index contributed by atoms with van der Waals surface area (Å²) in [4.78, 5) is 15.7. The SMILES string of the molecule is CCC(CNC(=O)C1CCN(S(=O)(=O)c2ccc(C(C)C)cc2)CC1)N1CCc2ccccc2C1. The summed E-state index contributed by atoms with van der Waals surface area (Å²) in [6.45, 7) is 9.70. The molecule has 1 atom stereocenters. The van der Waals surface area contributed by atoms with Gasteiger partial charge in [-0.05, 0) is 60.4 Å². The molecule has 0 aromatic heterocycles. The summed E-state index contributed by atoms with van der Waals surface area (Å²) in [5.74, 6) is 0.280. The van der Waals surface area contributed by atoms with Crippen LogP contribution in [-0.2, 0) is 27.8 Å². The molecule has 4 rings (SSSR count). The molecule has 0 spiro atoms. The van der Waals surface area contributed by atoms with E-state index in [1.807, 2.05) is 12.1 Å². The Hall–Kier alpha value is -2.22. The van der Waals surface area contributed by atoms with E-state index in [4.69, 9.17) is 0 Å². The summed E-state index contributed by atoms with van der Waals surface area (Å²) >= 11 is 0. The van der Waals surface area contributed by atoms with Crippen molar-refractivity contribution in [3.05, 3.63) is 65.2 Å². The number of benzene rings is 2. The van der Waals surface area contributed by atoms with Crippen molar-refractivity contribution in [1.82, 2.24) is 14.5 Å². The van der Waals surface area contributed by atoms with E-state index in [0.717, 1.165) is 31.5 Å². The molecule has 1 amide bonds. The minimum absolute atomic E-state index is 0.0548. The molecule has 190 valence electrons. The maximum absolute atomic E-state index is 13.1. The molecule has 2 aromatic carbocycles. The number of hydrogen-bond acceptors (Lipinski definition) is 4. The molecule has 1 unspecified atom stereocenters. The molecule has 1 fully saturated rings. The van der Waals surface area contributed by atoms with Crippen molar-refractivity contribution in [2.24, 2.45) is 5.92 Å². The highest BCUT2D eigenvalue weighted by Crippen LogP contribution is 2.26. The third-order valence-corrected chi connectivity index (χ3v) is 9.58. The second kappa shape index (κ2) is 11.2. The minimum Gasteiger partial charge on any atom is -0.354 e. The molecular formula is C28H39N3O3S. The second-order valence-corrected chi connectivity index (χ2v) is 12.1. The third kappa shape index (κ3) is 5.96. The predicted molar refractivity (Wildman–Crippen MR) is 140 cm³/mol. The van der Waals surface area contributed by atoms with E-state index in [9.17, 15) is 13.2 Å². The molecule has 6 nitrogen and oxygen atoms in total. The smallest absolute Gasteiger partial charge is 0.243 e. The first-order valence-electron chi connectivity index (χ1n) is 13.0. The van der Waals surface area contributed by atoms with Gasteiger partial charge in [-0.15, -0.1) is 0 Å². The second-order valence-electron chi connectivity index (χ2n) is 10.2. The molecule has 0 bridgehead atoms. The van der Waals surface area contributed by atoms with Crippen LogP contribution in [0.3, 0.4) is 0 Å². The standard InChI is InChI=1S/C28H39N3O3S/c1-4-26(30-16-13-23-7-5-6-8-25(23)20-30)19-29-28(32)24-14-17-31(18-15-24)35(33,34)27-11-9-22(10-12-27)21(2)3/h5-12,21,24,26H,4,13-20H2,1-3H3,(H,29,32). The number of nitrogens with zero attached hydrogens (tertiary/aromatic N) is 2. The lowest BCUT2D eigenvalue weighted by Gasteiger charge is -2.36. The van der Waals surface area contributed by atoms with E-state index in [1.165, 1.54) is 15.4 Å². The van der Waals surface area contributed by atoms with E-state index in [-0.39, 0.29) is 11.8 Å². The Labute approximate surface area is 210 Å². The van der Waals surface area contributed by atoms with Gasteiger partial charge in [0.2, 0.25) is 15.9 Å². The summed E-state index contributed by atoms with van der Waals surface area (Å²) < 4.78 is 27.7. The molecule has 0 saturated carbocycles. The number of sulfonamides is 1. The molecule has 2 aliphatic rings. The van der Waals surface area contributed by atoms with Gasteiger partial charge in [0.15, 0.2) is 0 Å². The first kappa shape index (κ1) is 25.9. The number of hydrogen-bond donors (Lipinski definition) is 1. The Kier molecular flexibility index (Phi) is 8.30. The Morgan fingerprint density at radius 3 is 2.29 bits per heavy atom. The quantitative estimate of drug-likeness (QED) is 0.595. The van der Waals surface area contributed by atoms with Gasteiger partial charge in [0, 0.05) is 44.7 Å². The first-order valence-corrected chi connectivity index (χ1v) is 14.4. The molecule has 2 aromatic rings. The van der Waals surface area contributed by atoms with E-state index in [1.54, 1.807) is 12.1 Å². The number of fused-ring (bicyclic) bond motifs is 1. The normalized spacial score (nSPS) is 18.9. The highest BCUT2D eigenvalue weighted by molar-refractivity contribution is 7.89. The first-order chi connectivity index (χ1) is 16.8. The maximum Gasteiger partial charge on any atom is 0.243 e. The number of carbonyl (C=O) groups excluding carboxylic acids is 1. The summed E-state index contributed by atoms with van der Waals surface area (Å²) in [6, 6.07) is 16.1. The summed E-state index contributed by atoms with van der Waals surface area (Å²) in [6.07, 6.45) is 3.15. The zero-order valence-corrected chi connectivity index (χ0v) is 22.1. The van der Waals surface area contributed by atoms with E-state index in [0.29, 0.717) is 49.3 Å². The van der Waals surface area contributed by atoms with Gasteiger partial charge >= 0.3 is 0 Å². The lowest BCUT2D eigenvalue weighted by molar-refractivity contribution is -0.126. The van der Waals surface area contributed by atoms with Gasteiger partial charge in [0.25, 0.3) is 0 Å². The topological polar surface area (TPSA) is 69.7 Å². The molecular weight excluding hydrogens is 458 g/mol. The van der Waals surface area contributed by atoms with E-state index in [2.05, 4.69) is 55.3 Å². The van der Waals surface area contributed by atoms with Gasteiger partial charge in [0.1, 0.15) is 0 Å². The highest BCUT2D eigenvalue weighted by atomic mass is 32.2. The molecule has 35 heavy (non-hydrogen) atoms. The monoisotopic (exact) mass is 497 g/mol. The zero-order chi connectivity index (χ0) is 25.0. The molecule has 0 aliphatic carbocycles. The van der Waals surface area contributed by atoms with Crippen molar-refractivity contribution in [3.8, 4) is 0 Å². The summed E-state index contributed by atoms with van der Waals surface area (Å²) in [7, 11) is -3.53. The van der Waals surface area contributed by atoms with Gasteiger partial charge in [-0.2, -0.15) is 4.31 Å². The Bertz CT molecular complexity index is 1110.